The van der Waals surface area contributed by atoms with Crippen LogP contribution in [0.3, 0.4) is 0 Å². The summed E-state index contributed by atoms with van der Waals surface area (Å²) in [6.07, 6.45) is 14.3. The van der Waals surface area contributed by atoms with Gasteiger partial charge in [-0.25, -0.2) is 0 Å². The third-order valence-corrected chi connectivity index (χ3v) is 5.76. The average Bonchev–Trinajstić information content (AvgIpc) is 2.81. The van der Waals surface area contributed by atoms with Gasteiger partial charge in [-0.15, -0.1) is 0 Å². The second-order valence-corrected chi connectivity index (χ2v) is 7.90. The maximum Gasteiger partial charge on any atom is 0.00501 e. The zero-order chi connectivity index (χ0) is 15.0. The summed E-state index contributed by atoms with van der Waals surface area (Å²) in [7, 11) is 0. The summed E-state index contributed by atoms with van der Waals surface area (Å²) >= 11 is 0. The lowest BCUT2D eigenvalue weighted by Gasteiger charge is -2.38. The molecule has 1 heterocycles. The van der Waals surface area contributed by atoms with Crippen molar-refractivity contribution in [2.24, 2.45) is 11.3 Å². The van der Waals surface area contributed by atoms with Crippen LogP contribution in [0.1, 0.15) is 78.1 Å². The van der Waals surface area contributed by atoms with Crippen LogP contribution in [-0.2, 0) is 0 Å². The maximum absolute atomic E-state index is 3.76. The smallest absolute Gasteiger partial charge is 0.00501 e. The fraction of sp³-hybridized carbons (Fsp3) is 1.00. The molecule has 21 heavy (non-hydrogen) atoms. The van der Waals surface area contributed by atoms with Crippen LogP contribution in [-0.4, -0.2) is 37.6 Å². The van der Waals surface area contributed by atoms with E-state index in [4.69, 9.17) is 0 Å². The van der Waals surface area contributed by atoms with Crippen LogP contribution >= 0.6 is 0 Å². The summed E-state index contributed by atoms with van der Waals surface area (Å²) in [5.74, 6) is 0.943. The number of rotatable bonds is 6. The van der Waals surface area contributed by atoms with E-state index in [1.54, 1.807) is 0 Å². The minimum absolute atomic E-state index is 0.569. The van der Waals surface area contributed by atoms with Gasteiger partial charge in [-0.2, -0.15) is 0 Å². The topological polar surface area (TPSA) is 15.3 Å². The molecule has 1 unspecified atom stereocenters. The Kier molecular flexibility index (Phi) is 7.53. The van der Waals surface area contributed by atoms with E-state index in [-0.39, 0.29) is 0 Å². The molecule has 124 valence electrons. The lowest BCUT2D eigenvalue weighted by molar-refractivity contribution is 0.128. The van der Waals surface area contributed by atoms with Gasteiger partial charge >= 0.3 is 0 Å². The van der Waals surface area contributed by atoms with Crippen molar-refractivity contribution in [2.45, 2.75) is 78.1 Å². The minimum atomic E-state index is 0.569. The van der Waals surface area contributed by atoms with Crippen molar-refractivity contribution in [2.75, 3.05) is 32.7 Å². The maximum atomic E-state index is 3.76. The van der Waals surface area contributed by atoms with Crippen LogP contribution in [0.2, 0.25) is 0 Å². The van der Waals surface area contributed by atoms with Crippen molar-refractivity contribution in [3.05, 3.63) is 0 Å². The van der Waals surface area contributed by atoms with Crippen molar-refractivity contribution in [1.29, 1.82) is 0 Å². The van der Waals surface area contributed by atoms with E-state index in [0.717, 1.165) is 5.92 Å². The van der Waals surface area contributed by atoms with Crippen LogP contribution in [0.25, 0.3) is 0 Å². The predicted molar refractivity (Wildman–Crippen MR) is 92.8 cm³/mol. The fourth-order valence-corrected chi connectivity index (χ4v) is 4.35. The van der Waals surface area contributed by atoms with Gasteiger partial charge in [0.25, 0.3) is 0 Å². The first-order valence-electron chi connectivity index (χ1n) is 9.67. The Morgan fingerprint density at radius 1 is 1.00 bits per heavy atom. The van der Waals surface area contributed by atoms with E-state index in [1.807, 2.05) is 0 Å². The highest BCUT2D eigenvalue weighted by molar-refractivity contribution is 4.87. The Labute approximate surface area is 133 Å². The molecular formula is C19H38N2. The van der Waals surface area contributed by atoms with Gasteiger partial charge in [0.2, 0.25) is 0 Å². The zero-order valence-corrected chi connectivity index (χ0v) is 14.6. The largest absolute Gasteiger partial charge is 0.316 e. The molecule has 0 bridgehead atoms. The number of nitrogens with zero attached hydrogens (tertiary/aromatic N) is 1. The SMILES string of the molecule is CCCNCC1(CN2CCCC(C)CC2)CCCCCC1. The lowest BCUT2D eigenvalue weighted by atomic mass is 9.79. The van der Waals surface area contributed by atoms with Crippen LogP contribution in [0.4, 0.5) is 0 Å². The van der Waals surface area contributed by atoms with Gasteiger partial charge in [0.05, 0.1) is 0 Å². The quantitative estimate of drug-likeness (QED) is 0.575. The van der Waals surface area contributed by atoms with Crippen molar-refractivity contribution < 1.29 is 0 Å². The summed E-state index contributed by atoms with van der Waals surface area (Å²) in [6.45, 7) is 11.2. The van der Waals surface area contributed by atoms with E-state index in [2.05, 4.69) is 24.1 Å². The fourth-order valence-electron chi connectivity index (χ4n) is 4.35. The highest BCUT2D eigenvalue weighted by Gasteiger charge is 2.33. The molecule has 1 aliphatic carbocycles. The third-order valence-electron chi connectivity index (χ3n) is 5.76. The van der Waals surface area contributed by atoms with E-state index in [1.165, 1.54) is 96.9 Å². The third kappa shape index (κ3) is 5.90. The predicted octanol–water partition coefficient (Wildman–Crippen LogP) is 4.45. The van der Waals surface area contributed by atoms with Crippen molar-refractivity contribution >= 4 is 0 Å². The number of hydrogen-bond acceptors (Lipinski definition) is 2. The molecule has 0 radical (unpaired) electrons. The molecule has 1 atom stereocenters. The summed E-state index contributed by atoms with van der Waals surface area (Å²) < 4.78 is 0. The zero-order valence-electron chi connectivity index (χ0n) is 14.6. The summed E-state index contributed by atoms with van der Waals surface area (Å²) in [6, 6.07) is 0. The Hall–Kier alpha value is -0.0800. The van der Waals surface area contributed by atoms with Crippen molar-refractivity contribution in [3.63, 3.8) is 0 Å². The van der Waals surface area contributed by atoms with Crippen LogP contribution in [0, 0.1) is 11.3 Å². The lowest BCUT2D eigenvalue weighted by Crippen LogP contribution is -2.44. The molecule has 0 aromatic carbocycles. The molecular weight excluding hydrogens is 256 g/mol. The number of likely N-dealkylation sites (tertiary alicyclic amines) is 1. The first-order chi connectivity index (χ1) is 10.2. The van der Waals surface area contributed by atoms with E-state index < -0.39 is 0 Å². The Bertz CT molecular complexity index is 269. The molecule has 2 fully saturated rings. The highest BCUT2D eigenvalue weighted by atomic mass is 15.1. The normalized spacial score (nSPS) is 28.0. The van der Waals surface area contributed by atoms with Crippen molar-refractivity contribution in [1.82, 2.24) is 10.2 Å². The van der Waals surface area contributed by atoms with E-state index in [0.29, 0.717) is 5.41 Å². The van der Waals surface area contributed by atoms with Gasteiger partial charge in [0.1, 0.15) is 0 Å². The molecule has 2 rings (SSSR count). The molecule has 1 saturated carbocycles. The summed E-state index contributed by atoms with van der Waals surface area (Å²) in [5.41, 5.74) is 0.569. The first-order valence-corrected chi connectivity index (χ1v) is 9.67. The second-order valence-electron chi connectivity index (χ2n) is 7.90. The molecule has 1 saturated heterocycles. The molecule has 2 nitrogen and oxygen atoms in total. The molecule has 0 amide bonds. The molecule has 0 spiro atoms. The molecule has 2 aliphatic rings. The monoisotopic (exact) mass is 294 g/mol. The van der Waals surface area contributed by atoms with Crippen LogP contribution in [0.15, 0.2) is 0 Å². The minimum Gasteiger partial charge on any atom is -0.316 e. The Morgan fingerprint density at radius 3 is 2.48 bits per heavy atom. The van der Waals surface area contributed by atoms with Crippen molar-refractivity contribution in [3.8, 4) is 0 Å². The average molecular weight is 295 g/mol. The van der Waals surface area contributed by atoms with Gasteiger partial charge in [-0.05, 0) is 69.5 Å². The molecule has 1 N–H and O–H groups in total. The van der Waals surface area contributed by atoms with Gasteiger partial charge in [-0.3, -0.25) is 0 Å². The van der Waals surface area contributed by atoms with Gasteiger partial charge < -0.3 is 10.2 Å². The Balaban J connectivity index is 1.93. The second kappa shape index (κ2) is 9.15. The van der Waals surface area contributed by atoms with Gasteiger partial charge in [-0.1, -0.05) is 39.5 Å². The van der Waals surface area contributed by atoms with Gasteiger partial charge in [0.15, 0.2) is 0 Å². The van der Waals surface area contributed by atoms with Gasteiger partial charge in [0, 0.05) is 13.1 Å². The van der Waals surface area contributed by atoms with Crippen LogP contribution < -0.4 is 5.32 Å². The van der Waals surface area contributed by atoms with E-state index >= 15 is 0 Å². The summed E-state index contributed by atoms with van der Waals surface area (Å²) in [4.78, 5) is 2.81. The number of nitrogens with one attached hydrogen (secondary N) is 1. The standard InChI is InChI=1S/C19H38N2/c1-3-13-20-16-19(11-6-4-5-7-12-19)17-21-14-8-9-18(2)10-15-21/h18,20H,3-17H2,1-2H3. The Morgan fingerprint density at radius 2 is 1.76 bits per heavy atom. The summed E-state index contributed by atoms with van der Waals surface area (Å²) in [5, 5.41) is 3.76. The van der Waals surface area contributed by atoms with Crippen LogP contribution in [0.5, 0.6) is 0 Å². The first kappa shape index (κ1) is 17.3. The molecule has 0 aromatic heterocycles. The molecule has 1 aliphatic heterocycles. The number of hydrogen-bond donors (Lipinski definition) is 1. The molecule has 2 heteroatoms. The molecule has 0 aromatic rings. The van der Waals surface area contributed by atoms with E-state index in [9.17, 15) is 0 Å². The highest BCUT2D eigenvalue weighted by Crippen LogP contribution is 2.36.